The Morgan fingerprint density at radius 3 is 2.65 bits per heavy atom. The van der Waals surface area contributed by atoms with E-state index in [0.717, 1.165) is 19.3 Å². The van der Waals surface area contributed by atoms with Crippen molar-refractivity contribution in [2.45, 2.75) is 52.6 Å². The highest BCUT2D eigenvalue weighted by Gasteiger charge is 2.13. The third-order valence-electron chi connectivity index (χ3n) is 3.34. The summed E-state index contributed by atoms with van der Waals surface area (Å²) in [4.78, 5) is 23.5. The molecule has 0 radical (unpaired) electrons. The molecule has 0 bridgehead atoms. The molecule has 1 aromatic rings. The molecule has 1 amide bonds. The van der Waals surface area contributed by atoms with Crippen molar-refractivity contribution in [1.82, 2.24) is 4.57 Å². The number of nitrogens with two attached hydrogens (primary N) is 1. The number of rotatable bonds is 7. The van der Waals surface area contributed by atoms with Gasteiger partial charge in [0.25, 0.3) is 5.56 Å². The zero-order valence-corrected chi connectivity index (χ0v) is 12.6. The predicted octanol–water partition coefficient (Wildman–Crippen LogP) is 1.96. The van der Waals surface area contributed by atoms with Gasteiger partial charge >= 0.3 is 0 Å². The van der Waals surface area contributed by atoms with Gasteiger partial charge in [-0.05, 0) is 32.8 Å². The second-order valence-electron chi connectivity index (χ2n) is 5.34. The summed E-state index contributed by atoms with van der Waals surface area (Å²) < 4.78 is 1.57. The maximum absolute atomic E-state index is 12.0. The van der Waals surface area contributed by atoms with Crippen molar-refractivity contribution in [3.8, 4) is 0 Å². The Balaban J connectivity index is 2.55. The van der Waals surface area contributed by atoms with Crippen LogP contribution in [0.25, 0.3) is 0 Å². The average molecular weight is 279 g/mol. The third-order valence-corrected chi connectivity index (χ3v) is 3.34. The predicted molar refractivity (Wildman–Crippen MR) is 81.7 cm³/mol. The van der Waals surface area contributed by atoms with Crippen LogP contribution in [0, 0.1) is 5.92 Å². The lowest BCUT2D eigenvalue weighted by atomic mass is 10.0. The fourth-order valence-electron chi connectivity index (χ4n) is 1.99. The Morgan fingerprint density at radius 2 is 2.05 bits per heavy atom. The van der Waals surface area contributed by atoms with E-state index in [2.05, 4.69) is 5.32 Å². The van der Waals surface area contributed by atoms with E-state index in [-0.39, 0.29) is 23.4 Å². The van der Waals surface area contributed by atoms with E-state index < -0.39 is 0 Å². The number of nitrogens with zero attached hydrogens (tertiary/aromatic N) is 1. The monoisotopic (exact) mass is 279 g/mol. The molecular weight excluding hydrogens is 254 g/mol. The lowest BCUT2D eigenvalue weighted by Crippen LogP contribution is -2.23. The minimum Gasteiger partial charge on any atom is -0.328 e. The maximum atomic E-state index is 12.0. The second-order valence-corrected chi connectivity index (χ2v) is 5.34. The molecule has 0 spiro atoms. The molecule has 0 aliphatic rings. The molecule has 0 saturated heterocycles. The average Bonchev–Trinajstić information content (AvgIpc) is 2.40. The zero-order chi connectivity index (χ0) is 15.1. The molecule has 5 nitrogen and oxygen atoms in total. The van der Waals surface area contributed by atoms with Crippen molar-refractivity contribution in [3.63, 3.8) is 0 Å². The SMILES string of the molecule is CCn1cc(NC(=O)C(C)CCCC(C)N)ccc1=O. The number of pyridine rings is 1. The number of aryl methyl sites for hydroxylation is 1. The van der Waals surface area contributed by atoms with Crippen LogP contribution in [0.1, 0.15) is 40.0 Å². The molecule has 0 aliphatic carbocycles. The molecule has 1 heterocycles. The number of hydrogen-bond donors (Lipinski definition) is 2. The molecule has 20 heavy (non-hydrogen) atoms. The lowest BCUT2D eigenvalue weighted by molar-refractivity contribution is -0.119. The summed E-state index contributed by atoms with van der Waals surface area (Å²) >= 11 is 0. The summed E-state index contributed by atoms with van der Waals surface area (Å²) in [6, 6.07) is 3.29. The molecule has 1 rings (SSSR count). The second kappa shape index (κ2) is 7.85. The van der Waals surface area contributed by atoms with Crippen LogP contribution in [0.3, 0.4) is 0 Å². The van der Waals surface area contributed by atoms with Gasteiger partial charge in [0.1, 0.15) is 0 Å². The Bertz CT molecular complexity index is 494. The van der Waals surface area contributed by atoms with Gasteiger partial charge in [-0.25, -0.2) is 0 Å². The molecule has 2 unspecified atom stereocenters. The van der Waals surface area contributed by atoms with E-state index in [1.807, 2.05) is 20.8 Å². The highest BCUT2D eigenvalue weighted by atomic mass is 16.2. The first-order chi connectivity index (χ1) is 9.43. The van der Waals surface area contributed by atoms with Gasteiger partial charge in [-0.1, -0.05) is 13.3 Å². The van der Waals surface area contributed by atoms with Crippen LogP contribution in [0.2, 0.25) is 0 Å². The topological polar surface area (TPSA) is 77.1 Å². The van der Waals surface area contributed by atoms with Crippen molar-refractivity contribution in [3.05, 3.63) is 28.7 Å². The van der Waals surface area contributed by atoms with Gasteiger partial charge in [0.15, 0.2) is 0 Å². The summed E-state index contributed by atoms with van der Waals surface area (Å²) in [5, 5.41) is 2.85. The highest BCUT2D eigenvalue weighted by Crippen LogP contribution is 2.12. The number of nitrogens with one attached hydrogen (secondary N) is 1. The summed E-state index contributed by atoms with van der Waals surface area (Å²) in [7, 11) is 0. The smallest absolute Gasteiger partial charge is 0.250 e. The molecule has 5 heteroatoms. The first kappa shape index (κ1) is 16.4. The van der Waals surface area contributed by atoms with Crippen LogP contribution < -0.4 is 16.6 Å². The van der Waals surface area contributed by atoms with E-state index in [0.29, 0.717) is 12.2 Å². The van der Waals surface area contributed by atoms with Crippen LogP contribution in [-0.4, -0.2) is 16.5 Å². The first-order valence-electron chi connectivity index (χ1n) is 7.21. The Hall–Kier alpha value is -1.62. The van der Waals surface area contributed by atoms with Crippen molar-refractivity contribution in [2.75, 3.05) is 5.32 Å². The third kappa shape index (κ3) is 5.17. The number of amides is 1. The quantitative estimate of drug-likeness (QED) is 0.801. The van der Waals surface area contributed by atoms with E-state index in [1.165, 1.54) is 6.07 Å². The maximum Gasteiger partial charge on any atom is 0.250 e. The van der Waals surface area contributed by atoms with Gasteiger partial charge in [0.05, 0.1) is 5.69 Å². The van der Waals surface area contributed by atoms with Crippen molar-refractivity contribution >= 4 is 11.6 Å². The van der Waals surface area contributed by atoms with Crippen molar-refractivity contribution in [2.24, 2.45) is 11.7 Å². The number of aromatic nitrogens is 1. The number of carbonyl (C=O) groups excluding carboxylic acids is 1. The summed E-state index contributed by atoms with van der Waals surface area (Å²) in [6.45, 7) is 6.36. The normalized spacial score (nSPS) is 13.8. The van der Waals surface area contributed by atoms with Gasteiger partial charge in [0, 0.05) is 30.8 Å². The fourth-order valence-corrected chi connectivity index (χ4v) is 1.99. The molecule has 112 valence electrons. The number of hydrogen-bond acceptors (Lipinski definition) is 3. The molecule has 2 atom stereocenters. The lowest BCUT2D eigenvalue weighted by Gasteiger charge is -2.13. The van der Waals surface area contributed by atoms with Crippen molar-refractivity contribution < 1.29 is 4.79 Å². The number of carbonyl (C=O) groups is 1. The van der Waals surface area contributed by atoms with Crippen molar-refractivity contribution in [1.29, 1.82) is 0 Å². The Labute approximate surface area is 120 Å². The van der Waals surface area contributed by atoms with E-state index in [1.54, 1.807) is 16.8 Å². The highest BCUT2D eigenvalue weighted by molar-refractivity contribution is 5.92. The summed E-state index contributed by atoms with van der Waals surface area (Å²) in [5.41, 5.74) is 6.29. The fraction of sp³-hybridized carbons (Fsp3) is 0.600. The summed E-state index contributed by atoms with van der Waals surface area (Å²) in [6.07, 6.45) is 4.37. The van der Waals surface area contributed by atoms with Gasteiger partial charge < -0.3 is 15.6 Å². The van der Waals surface area contributed by atoms with Crippen LogP contribution in [0.15, 0.2) is 23.1 Å². The molecule has 3 N–H and O–H groups in total. The molecule has 0 fully saturated rings. The molecule has 0 aliphatic heterocycles. The van der Waals surface area contributed by atoms with Gasteiger partial charge in [0.2, 0.25) is 5.91 Å². The Kier molecular flexibility index (Phi) is 6.45. The van der Waals surface area contributed by atoms with Crippen LogP contribution in [0.4, 0.5) is 5.69 Å². The molecule has 0 aromatic carbocycles. The largest absolute Gasteiger partial charge is 0.328 e. The van der Waals surface area contributed by atoms with Gasteiger partial charge in [-0.3, -0.25) is 9.59 Å². The standard InChI is InChI=1S/C15H25N3O2/c1-4-18-10-13(8-9-14(18)19)17-15(20)11(2)6-5-7-12(3)16/h8-12H,4-7,16H2,1-3H3,(H,17,20). The van der Waals surface area contributed by atoms with E-state index in [4.69, 9.17) is 5.73 Å². The van der Waals surface area contributed by atoms with Gasteiger partial charge in [-0.15, -0.1) is 0 Å². The molecule has 0 saturated carbocycles. The van der Waals surface area contributed by atoms with E-state index in [9.17, 15) is 9.59 Å². The minimum absolute atomic E-state index is 0.0176. The van der Waals surface area contributed by atoms with Crippen LogP contribution in [-0.2, 0) is 11.3 Å². The summed E-state index contributed by atoms with van der Waals surface area (Å²) in [5.74, 6) is -0.0771. The molecular formula is C15H25N3O2. The van der Waals surface area contributed by atoms with Crippen LogP contribution in [0.5, 0.6) is 0 Å². The molecule has 1 aromatic heterocycles. The van der Waals surface area contributed by atoms with Gasteiger partial charge in [-0.2, -0.15) is 0 Å². The number of anilines is 1. The zero-order valence-electron chi connectivity index (χ0n) is 12.6. The minimum atomic E-state index is -0.0597. The van der Waals surface area contributed by atoms with E-state index >= 15 is 0 Å². The first-order valence-corrected chi connectivity index (χ1v) is 7.21. The van der Waals surface area contributed by atoms with Crippen LogP contribution >= 0.6 is 0 Å². The Morgan fingerprint density at radius 1 is 1.35 bits per heavy atom.